The van der Waals surface area contributed by atoms with Gasteiger partial charge in [-0.3, -0.25) is 9.59 Å². The third kappa shape index (κ3) is 3.52. The third-order valence-corrected chi connectivity index (χ3v) is 2.86. The van der Waals surface area contributed by atoms with E-state index in [0.29, 0.717) is 25.1 Å². The Morgan fingerprint density at radius 2 is 2.25 bits per heavy atom. The molecule has 0 saturated carbocycles. The average molecular weight is 281 g/mol. The Morgan fingerprint density at radius 1 is 1.45 bits per heavy atom. The molecular weight excluding hydrogens is 265 g/mol. The van der Waals surface area contributed by atoms with Gasteiger partial charge in [0.25, 0.3) is 0 Å². The van der Waals surface area contributed by atoms with Gasteiger partial charge in [-0.1, -0.05) is 0 Å². The first-order valence-electron chi connectivity index (χ1n) is 6.30. The molecule has 20 heavy (non-hydrogen) atoms. The predicted octanol–water partition coefficient (Wildman–Crippen LogP) is 0.624. The Balaban J connectivity index is 2.06. The van der Waals surface area contributed by atoms with Crippen LogP contribution in [0.4, 0.5) is 15.8 Å². The van der Waals surface area contributed by atoms with Crippen molar-refractivity contribution in [3.8, 4) is 0 Å². The van der Waals surface area contributed by atoms with Crippen molar-refractivity contribution in [1.29, 1.82) is 0 Å². The zero-order chi connectivity index (χ0) is 14.5. The number of aryl methyl sites for hydroxylation is 1. The zero-order valence-corrected chi connectivity index (χ0v) is 10.9. The lowest BCUT2D eigenvalue weighted by Crippen LogP contribution is -2.23. The Morgan fingerprint density at radius 3 is 3.00 bits per heavy atom. The number of nitrogens with two attached hydrogens (primary N) is 1. The van der Waals surface area contributed by atoms with Crippen LogP contribution in [0.1, 0.15) is 12.0 Å². The summed E-state index contributed by atoms with van der Waals surface area (Å²) in [7, 11) is 0. The fraction of sp³-hybridized carbons (Fsp3) is 0.385. The maximum Gasteiger partial charge on any atom is 0.250 e. The van der Waals surface area contributed by atoms with E-state index in [4.69, 9.17) is 10.5 Å². The number of carbonyl (C=O) groups is 2. The second-order valence-electron chi connectivity index (χ2n) is 4.43. The fourth-order valence-electron chi connectivity index (χ4n) is 1.93. The highest BCUT2D eigenvalue weighted by Crippen LogP contribution is 2.28. The van der Waals surface area contributed by atoms with Crippen LogP contribution >= 0.6 is 0 Å². The molecule has 2 amide bonds. The highest BCUT2D eigenvalue weighted by Gasteiger charge is 2.18. The Labute approximate surface area is 115 Å². The van der Waals surface area contributed by atoms with Crippen LogP contribution in [0.2, 0.25) is 0 Å². The molecule has 1 aromatic carbocycles. The van der Waals surface area contributed by atoms with Crippen LogP contribution in [0.15, 0.2) is 12.1 Å². The molecule has 0 spiro atoms. The fourth-order valence-corrected chi connectivity index (χ4v) is 1.93. The Bertz CT molecular complexity index is 534. The van der Waals surface area contributed by atoms with E-state index in [-0.39, 0.29) is 24.8 Å². The normalized spacial score (nSPS) is 13.6. The van der Waals surface area contributed by atoms with Crippen LogP contribution in [-0.4, -0.2) is 31.6 Å². The Kier molecular flexibility index (Phi) is 4.65. The first-order valence-corrected chi connectivity index (χ1v) is 6.30. The molecule has 0 saturated heterocycles. The number of nitrogens with one attached hydrogen (secondary N) is 2. The highest BCUT2D eigenvalue weighted by molar-refractivity contribution is 5.96. The van der Waals surface area contributed by atoms with E-state index in [1.165, 1.54) is 12.1 Å². The molecule has 2 rings (SSSR count). The van der Waals surface area contributed by atoms with Gasteiger partial charge >= 0.3 is 0 Å². The quantitative estimate of drug-likeness (QED) is 0.690. The summed E-state index contributed by atoms with van der Waals surface area (Å²) >= 11 is 0. The molecule has 1 aromatic rings. The number of ether oxygens (including phenoxy) is 1. The van der Waals surface area contributed by atoms with Crippen LogP contribution in [0, 0.1) is 5.82 Å². The summed E-state index contributed by atoms with van der Waals surface area (Å²) in [6, 6.07) is 2.74. The van der Waals surface area contributed by atoms with E-state index in [1.54, 1.807) is 0 Å². The maximum absolute atomic E-state index is 13.8. The van der Waals surface area contributed by atoms with Crippen molar-refractivity contribution in [2.75, 3.05) is 30.4 Å². The van der Waals surface area contributed by atoms with Crippen molar-refractivity contribution in [2.24, 2.45) is 5.73 Å². The van der Waals surface area contributed by atoms with Gasteiger partial charge in [-0.25, -0.2) is 4.39 Å². The van der Waals surface area contributed by atoms with Gasteiger partial charge in [-0.05, 0) is 24.1 Å². The average Bonchev–Trinajstić information content (AvgIpc) is 2.40. The zero-order valence-electron chi connectivity index (χ0n) is 10.9. The van der Waals surface area contributed by atoms with E-state index in [1.807, 2.05) is 0 Å². The van der Waals surface area contributed by atoms with Gasteiger partial charge in [0.1, 0.15) is 12.4 Å². The summed E-state index contributed by atoms with van der Waals surface area (Å²) in [4.78, 5) is 22.8. The van der Waals surface area contributed by atoms with E-state index in [0.717, 1.165) is 5.56 Å². The molecule has 0 bridgehead atoms. The largest absolute Gasteiger partial charge is 0.370 e. The summed E-state index contributed by atoms with van der Waals surface area (Å²) in [5, 5.41) is 5.05. The molecular formula is C13H16FN3O3. The number of amides is 2. The lowest BCUT2D eigenvalue weighted by atomic mass is 10.0. The van der Waals surface area contributed by atoms with Crippen molar-refractivity contribution in [3.63, 3.8) is 0 Å². The van der Waals surface area contributed by atoms with Gasteiger partial charge in [0.15, 0.2) is 0 Å². The van der Waals surface area contributed by atoms with Gasteiger partial charge in [0.2, 0.25) is 11.8 Å². The van der Waals surface area contributed by atoms with Gasteiger partial charge in [-0.15, -0.1) is 0 Å². The molecule has 0 atom stereocenters. The van der Waals surface area contributed by atoms with Crippen LogP contribution in [-0.2, 0) is 20.7 Å². The minimum absolute atomic E-state index is 0.0206. The first-order chi connectivity index (χ1) is 9.60. The van der Waals surface area contributed by atoms with Gasteiger partial charge in [-0.2, -0.15) is 0 Å². The van der Waals surface area contributed by atoms with E-state index >= 15 is 0 Å². The number of hydrogen-bond donors (Lipinski definition) is 3. The summed E-state index contributed by atoms with van der Waals surface area (Å²) in [6.07, 6.45) is 0.830. The second kappa shape index (κ2) is 6.44. The summed E-state index contributed by atoms with van der Waals surface area (Å²) < 4.78 is 18.8. The minimum atomic E-state index is -0.535. The van der Waals surface area contributed by atoms with E-state index in [2.05, 4.69) is 10.6 Å². The van der Waals surface area contributed by atoms with Gasteiger partial charge in [0.05, 0.1) is 12.3 Å². The lowest BCUT2D eigenvalue weighted by molar-refractivity contribution is -0.120. The third-order valence-electron chi connectivity index (χ3n) is 2.86. The van der Waals surface area contributed by atoms with E-state index in [9.17, 15) is 14.0 Å². The molecule has 1 aliphatic heterocycles. The molecule has 1 heterocycles. The van der Waals surface area contributed by atoms with Crippen molar-refractivity contribution >= 4 is 23.2 Å². The molecule has 0 unspecified atom stereocenters. The summed E-state index contributed by atoms with van der Waals surface area (Å²) in [5.41, 5.74) is 6.49. The van der Waals surface area contributed by atoms with Crippen LogP contribution < -0.4 is 16.4 Å². The number of halogens is 1. The Hall–Kier alpha value is -1.99. The number of benzene rings is 1. The highest BCUT2D eigenvalue weighted by atomic mass is 19.1. The van der Waals surface area contributed by atoms with Crippen molar-refractivity contribution in [3.05, 3.63) is 23.5 Å². The smallest absolute Gasteiger partial charge is 0.250 e. The van der Waals surface area contributed by atoms with Crippen LogP contribution in [0.5, 0.6) is 0 Å². The van der Waals surface area contributed by atoms with Crippen molar-refractivity contribution in [1.82, 2.24) is 0 Å². The molecule has 0 aromatic heterocycles. The van der Waals surface area contributed by atoms with Crippen molar-refractivity contribution in [2.45, 2.75) is 12.8 Å². The summed E-state index contributed by atoms with van der Waals surface area (Å²) in [5.74, 6) is -1.13. The lowest BCUT2D eigenvalue weighted by Gasteiger charge is -2.18. The van der Waals surface area contributed by atoms with Gasteiger partial charge < -0.3 is 21.1 Å². The number of fused-ring (bicyclic) bond motifs is 1. The van der Waals surface area contributed by atoms with Gasteiger partial charge in [0, 0.05) is 18.7 Å². The monoisotopic (exact) mass is 281 g/mol. The molecule has 7 heteroatoms. The topological polar surface area (TPSA) is 93.4 Å². The summed E-state index contributed by atoms with van der Waals surface area (Å²) in [6.45, 7) is 0.378. The maximum atomic E-state index is 13.8. The number of hydrogen-bond acceptors (Lipinski definition) is 4. The number of rotatable bonds is 5. The molecule has 108 valence electrons. The van der Waals surface area contributed by atoms with Crippen LogP contribution in [0.3, 0.4) is 0 Å². The predicted molar refractivity (Wildman–Crippen MR) is 71.9 cm³/mol. The van der Waals surface area contributed by atoms with E-state index < -0.39 is 11.7 Å². The number of anilines is 2. The minimum Gasteiger partial charge on any atom is -0.370 e. The SMILES string of the molecule is NCCOCC(=O)Nc1cc2c(cc1F)CCC(=O)N2. The van der Waals surface area contributed by atoms with Crippen molar-refractivity contribution < 1.29 is 18.7 Å². The first kappa shape index (κ1) is 14.4. The molecule has 1 aliphatic rings. The molecule has 4 N–H and O–H groups in total. The molecule has 0 aliphatic carbocycles. The molecule has 0 fully saturated rings. The second-order valence-corrected chi connectivity index (χ2v) is 4.43. The standard InChI is InChI=1S/C13H16FN3O3/c14-9-5-8-1-2-12(18)16-10(8)6-11(9)17-13(19)7-20-4-3-15/h5-6H,1-4,7,15H2,(H,16,18)(H,17,19). The number of carbonyl (C=O) groups excluding carboxylic acids is 2. The molecule has 6 nitrogen and oxygen atoms in total. The molecule has 0 radical (unpaired) electrons. The van der Waals surface area contributed by atoms with Crippen LogP contribution in [0.25, 0.3) is 0 Å².